The lowest BCUT2D eigenvalue weighted by Gasteiger charge is -2.37. The van der Waals surface area contributed by atoms with E-state index >= 15 is 0 Å². The van der Waals surface area contributed by atoms with Crippen molar-refractivity contribution in [1.82, 2.24) is 0 Å². The van der Waals surface area contributed by atoms with Crippen molar-refractivity contribution in [3.05, 3.63) is 45.1 Å². The molecule has 0 aromatic heterocycles. The average molecular weight is 398 g/mol. The molecule has 0 aliphatic heterocycles. The monoisotopic (exact) mass is 397 g/mol. The summed E-state index contributed by atoms with van der Waals surface area (Å²) in [7, 11) is 0. The fraction of sp³-hybridized carbons (Fsp3) is 0.500. The molecule has 0 spiro atoms. The number of carbonyl (C=O) groups is 1. The molecule has 26 heavy (non-hydrogen) atoms. The molecule has 0 saturated heterocycles. The first-order valence-electron chi connectivity index (χ1n) is 8.74. The average Bonchev–Trinajstić information content (AvgIpc) is 2.56. The molecule has 1 N–H and O–H groups in total. The lowest BCUT2D eigenvalue weighted by Crippen LogP contribution is -2.39. The minimum absolute atomic E-state index is 0.0926. The molecule has 142 valence electrons. The summed E-state index contributed by atoms with van der Waals surface area (Å²) in [5.41, 5.74) is 0.876. The van der Waals surface area contributed by atoms with Crippen molar-refractivity contribution in [3.63, 3.8) is 0 Å². The Balaban J connectivity index is 2.20. The number of hydrogen-bond donors (Lipinski definition) is 1. The third kappa shape index (κ3) is 5.09. The lowest BCUT2D eigenvalue weighted by molar-refractivity contribution is -0.123. The van der Waals surface area contributed by atoms with Gasteiger partial charge in [0.2, 0.25) is 0 Å². The van der Waals surface area contributed by atoms with E-state index in [1.54, 1.807) is 12.1 Å². The van der Waals surface area contributed by atoms with Gasteiger partial charge in [0.05, 0.1) is 28.8 Å². The summed E-state index contributed by atoms with van der Waals surface area (Å²) in [4.78, 5) is 17.2. The van der Waals surface area contributed by atoms with Crippen LogP contribution in [0.15, 0.2) is 34.5 Å². The Morgan fingerprint density at radius 3 is 2.73 bits per heavy atom. The van der Waals surface area contributed by atoms with Crippen LogP contribution in [0.5, 0.6) is 0 Å². The Labute approximate surface area is 164 Å². The quantitative estimate of drug-likeness (QED) is 0.515. The molecule has 0 fully saturated rings. The zero-order valence-corrected chi connectivity index (χ0v) is 16.9. The first kappa shape index (κ1) is 20.9. The Morgan fingerprint density at radius 2 is 2.08 bits per heavy atom. The molecular formula is C20H25Cl2NO3. The number of nitrogens with zero attached hydrogens (tertiary/aromatic N) is 1. The van der Waals surface area contributed by atoms with Crippen LogP contribution in [0.4, 0.5) is 0 Å². The molecule has 0 bridgehead atoms. The van der Waals surface area contributed by atoms with Crippen molar-refractivity contribution >= 4 is 35.2 Å². The predicted molar refractivity (Wildman–Crippen MR) is 107 cm³/mol. The first-order valence-corrected chi connectivity index (χ1v) is 9.49. The van der Waals surface area contributed by atoms with Gasteiger partial charge in [-0.1, -0.05) is 43.1 Å². The summed E-state index contributed by atoms with van der Waals surface area (Å²) in [5, 5.41) is 11.3. The van der Waals surface area contributed by atoms with Gasteiger partial charge in [-0.15, -0.1) is 0 Å². The van der Waals surface area contributed by atoms with Gasteiger partial charge in [-0.25, -0.2) is 0 Å². The molecular weight excluding hydrogens is 373 g/mol. The highest BCUT2D eigenvalue weighted by Crippen LogP contribution is 2.42. The molecule has 1 atom stereocenters. The van der Waals surface area contributed by atoms with Gasteiger partial charge in [0, 0.05) is 25.2 Å². The standard InChI is InChI=1S/C20H25Cl2NO3/c1-4-26-8-7-23-12-14-18(24)11-20(2,3)15(19(14)25)9-13-5-6-16(21)17(22)10-13/h5-6,10,12,15,24H,4,7-9,11H2,1-3H3. The Morgan fingerprint density at radius 1 is 1.35 bits per heavy atom. The second-order valence-electron chi connectivity index (χ2n) is 7.13. The Bertz CT molecular complexity index is 726. The number of benzene rings is 1. The van der Waals surface area contributed by atoms with Crippen LogP contribution in [-0.2, 0) is 16.0 Å². The molecule has 1 aliphatic rings. The van der Waals surface area contributed by atoms with Crippen molar-refractivity contribution in [2.45, 2.75) is 33.6 Å². The van der Waals surface area contributed by atoms with Crippen LogP contribution < -0.4 is 0 Å². The zero-order chi connectivity index (χ0) is 19.3. The van der Waals surface area contributed by atoms with Gasteiger partial charge in [-0.3, -0.25) is 9.79 Å². The van der Waals surface area contributed by atoms with E-state index in [2.05, 4.69) is 4.99 Å². The normalized spacial score (nSPS) is 20.2. The van der Waals surface area contributed by atoms with Crippen LogP contribution in [0, 0.1) is 11.3 Å². The van der Waals surface area contributed by atoms with Crippen LogP contribution in [-0.4, -0.2) is 36.9 Å². The van der Waals surface area contributed by atoms with Crippen molar-refractivity contribution in [2.75, 3.05) is 19.8 Å². The second-order valence-corrected chi connectivity index (χ2v) is 7.94. The Hall–Kier alpha value is -1.36. The first-order chi connectivity index (χ1) is 12.3. The minimum atomic E-state index is -0.365. The fourth-order valence-corrected chi connectivity index (χ4v) is 3.48. The summed E-state index contributed by atoms with van der Waals surface area (Å²) in [5.74, 6) is -0.264. The molecule has 1 aromatic rings. The minimum Gasteiger partial charge on any atom is -0.511 e. The predicted octanol–water partition coefficient (Wildman–Crippen LogP) is 5.07. The lowest BCUT2D eigenvalue weighted by atomic mass is 9.66. The molecule has 0 amide bonds. The van der Waals surface area contributed by atoms with Crippen LogP contribution in [0.25, 0.3) is 0 Å². The molecule has 0 heterocycles. The van der Waals surface area contributed by atoms with E-state index in [1.165, 1.54) is 6.21 Å². The maximum Gasteiger partial charge on any atom is 0.171 e. The number of Topliss-reactive ketones (excluding diaryl/α,β-unsaturated/α-hetero) is 1. The van der Waals surface area contributed by atoms with Gasteiger partial charge < -0.3 is 9.84 Å². The van der Waals surface area contributed by atoms with Gasteiger partial charge in [-0.05, 0) is 36.5 Å². The number of hydrogen-bond acceptors (Lipinski definition) is 4. The molecule has 1 aromatic carbocycles. The van der Waals surface area contributed by atoms with Gasteiger partial charge >= 0.3 is 0 Å². The molecule has 0 saturated carbocycles. The van der Waals surface area contributed by atoms with Crippen LogP contribution in [0.1, 0.15) is 32.8 Å². The fourth-order valence-electron chi connectivity index (χ4n) is 3.16. The van der Waals surface area contributed by atoms with Gasteiger partial charge in [0.15, 0.2) is 5.78 Å². The number of aliphatic hydroxyl groups is 1. The molecule has 6 heteroatoms. The molecule has 0 radical (unpaired) electrons. The third-order valence-corrected chi connectivity index (χ3v) is 5.41. The second kappa shape index (κ2) is 9.03. The highest BCUT2D eigenvalue weighted by molar-refractivity contribution is 6.42. The summed E-state index contributed by atoms with van der Waals surface area (Å²) in [6.45, 7) is 7.48. The topological polar surface area (TPSA) is 58.9 Å². The van der Waals surface area contributed by atoms with Crippen molar-refractivity contribution in [1.29, 1.82) is 0 Å². The maximum absolute atomic E-state index is 13.0. The molecule has 1 aliphatic carbocycles. The van der Waals surface area contributed by atoms with E-state index in [0.717, 1.165) is 5.56 Å². The molecule has 2 rings (SSSR count). The summed E-state index contributed by atoms with van der Waals surface area (Å²) >= 11 is 12.1. The van der Waals surface area contributed by atoms with Crippen LogP contribution in [0.2, 0.25) is 10.0 Å². The number of aliphatic imine (C=N–C) groups is 1. The number of carbonyl (C=O) groups excluding carboxylic acids is 1. The Kier molecular flexibility index (Phi) is 7.27. The van der Waals surface area contributed by atoms with Crippen molar-refractivity contribution < 1.29 is 14.6 Å². The van der Waals surface area contributed by atoms with E-state index < -0.39 is 0 Å². The van der Waals surface area contributed by atoms with Crippen LogP contribution in [0.3, 0.4) is 0 Å². The largest absolute Gasteiger partial charge is 0.511 e. The van der Waals surface area contributed by atoms with E-state index in [-0.39, 0.29) is 22.9 Å². The highest BCUT2D eigenvalue weighted by Gasteiger charge is 2.42. The maximum atomic E-state index is 13.0. The van der Waals surface area contributed by atoms with E-state index in [4.69, 9.17) is 27.9 Å². The summed E-state index contributed by atoms with van der Waals surface area (Å²) in [6.07, 6.45) is 2.44. The van der Waals surface area contributed by atoms with Crippen molar-refractivity contribution in [3.8, 4) is 0 Å². The van der Waals surface area contributed by atoms with E-state index in [0.29, 0.717) is 48.2 Å². The number of ketones is 1. The molecule has 1 unspecified atom stereocenters. The smallest absolute Gasteiger partial charge is 0.171 e. The SMILES string of the molecule is CCOCCN=CC1=C(O)CC(C)(C)C(Cc2ccc(Cl)c(Cl)c2)C1=O. The van der Waals surface area contributed by atoms with Gasteiger partial charge in [0.25, 0.3) is 0 Å². The van der Waals surface area contributed by atoms with Gasteiger partial charge in [-0.2, -0.15) is 0 Å². The number of ether oxygens (including phenoxy) is 1. The number of rotatable bonds is 7. The number of halogens is 2. The van der Waals surface area contributed by atoms with E-state index in [9.17, 15) is 9.90 Å². The molecule has 4 nitrogen and oxygen atoms in total. The highest BCUT2D eigenvalue weighted by atomic mass is 35.5. The van der Waals surface area contributed by atoms with Crippen LogP contribution >= 0.6 is 23.2 Å². The van der Waals surface area contributed by atoms with E-state index in [1.807, 2.05) is 26.8 Å². The number of aliphatic hydroxyl groups excluding tert-OH is 1. The number of allylic oxidation sites excluding steroid dienone is 2. The summed E-state index contributed by atoms with van der Waals surface area (Å²) in [6, 6.07) is 5.41. The van der Waals surface area contributed by atoms with Gasteiger partial charge in [0.1, 0.15) is 5.76 Å². The summed E-state index contributed by atoms with van der Waals surface area (Å²) < 4.78 is 5.23. The third-order valence-electron chi connectivity index (χ3n) is 4.67. The van der Waals surface area contributed by atoms with Crippen molar-refractivity contribution in [2.24, 2.45) is 16.3 Å². The zero-order valence-electron chi connectivity index (χ0n) is 15.4.